The van der Waals surface area contributed by atoms with Crippen LogP contribution >= 0.6 is 0 Å². The molecule has 0 amide bonds. The largest absolute Gasteiger partial charge is 0.494 e. The van der Waals surface area contributed by atoms with E-state index in [4.69, 9.17) is 4.74 Å². The van der Waals surface area contributed by atoms with Gasteiger partial charge in [0.2, 0.25) is 0 Å². The minimum absolute atomic E-state index is 0.169. The zero-order chi connectivity index (χ0) is 22.1. The minimum Gasteiger partial charge on any atom is -0.494 e. The number of anilines is 1. The van der Waals surface area contributed by atoms with Crippen molar-refractivity contribution in [3.8, 4) is 5.75 Å². The second-order valence-electron chi connectivity index (χ2n) is 7.53. The van der Waals surface area contributed by atoms with Crippen LogP contribution in [0.3, 0.4) is 0 Å². The summed E-state index contributed by atoms with van der Waals surface area (Å²) in [7, 11) is 1.73. The molecule has 1 aliphatic heterocycles. The summed E-state index contributed by atoms with van der Waals surface area (Å²) in [6.45, 7) is 10.6. The highest BCUT2D eigenvalue weighted by Crippen LogP contribution is 2.22. The highest BCUT2D eigenvalue weighted by molar-refractivity contribution is 5.79. The fraction of sp³-hybridized carbons (Fsp3) is 0.458. The summed E-state index contributed by atoms with van der Waals surface area (Å²) in [5.41, 5.74) is 2.63. The van der Waals surface area contributed by atoms with Crippen molar-refractivity contribution in [2.45, 2.75) is 26.9 Å². The molecule has 1 heterocycles. The van der Waals surface area contributed by atoms with E-state index in [2.05, 4.69) is 32.3 Å². The SMILES string of the molecule is CCOc1ccccc1CNC(=NC)NCc1ccc(N2CCN(CC)CC2)c(F)c1. The van der Waals surface area contributed by atoms with Crippen LogP contribution in [0.1, 0.15) is 25.0 Å². The van der Waals surface area contributed by atoms with Crippen LogP contribution in [0.2, 0.25) is 0 Å². The number of para-hydroxylation sites is 1. The highest BCUT2D eigenvalue weighted by Gasteiger charge is 2.18. The van der Waals surface area contributed by atoms with Crippen molar-refractivity contribution < 1.29 is 9.13 Å². The summed E-state index contributed by atoms with van der Waals surface area (Å²) in [5, 5.41) is 6.55. The molecule has 0 saturated carbocycles. The molecule has 2 N–H and O–H groups in total. The van der Waals surface area contributed by atoms with Crippen molar-refractivity contribution in [2.24, 2.45) is 4.99 Å². The smallest absolute Gasteiger partial charge is 0.191 e. The first-order valence-corrected chi connectivity index (χ1v) is 11.1. The number of rotatable bonds is 8. The Kier molecular flexibility index (Phi) is 8.53. The average molecular weight is 428 g/mol. The Hall–Kier alpha value is -2.80. The number of piperazine rings is 1. The van der Waals surface area contributed by atoms with Crippen molar-refractivity contribution in [1.29, 1.82) is 0 Å². The Morgan fingerprint density at radius 2 is 1.77 bits per heavy atom. The van der Waals surface area contributed by atoms with Crippen LogP contribution < -0.4 is 20.3 Å². The molecule has 0 bridgehead atoms. The molecule has 2 aromatic carbocycles. The predicted molar refractivity (Wildman–Crippen MR) is 125 cm³/mol. The fourth-order valence-electron chi connectivity index (χ4n) is 3.75. The van der Waals surface area contributed by atoms with Gasteiger partial charge in [0.1, 0.15) is 11.6 Å². The van der Waals surface area contributed by atoms with Crippen LogP contribution in [0.15, 0.2) is 47.5 Å². The standard InChI is InChI=1S/C24H34FN5O/c1-4-29-12-14-30(15-13-29)22-11-10-19(16-21(22)25)17-27-24(26-3)28-18-20-8-6-7-9-23(20)31-5-2/h6-11,16H,4-5,12-15,17-18H2,1-3H3,(H2,26,27,28). The third-order valence-electron chi connectivity index (χ3n) is 5.57. The zero-order valence-electron chi connectivity index (χ0n) is 18.8. The normalized spacial score (nSPS) is 15.1. The molecule has 3 rings (SSSR count). The predicted octanol–water partition coefficient (Wildman–Crippen LogP) is 3.23. The maximum absolute atomic E-state index is 14.8. The molecule has 1 aliphatic rings. The molecule has 0 aliphatic carbocycles. The topological polar surface area (TPSA) is 52.1 Å². The molecule has 0 atom stereocenters. The first-order chi connectivity index (χ1) is 15.1. The van der Waals surface area contributed by atoms with Crippen LogP contribution in [0.4, 0.5) is 10.1 Å². The van der Waals surface area contributed by atoms with Gasteiger partial charge < -0.3 is 25.2 Å². The van der Waals surface area contributed by atoms with Gasteiger partial charge in [0.25, 0.3) is 0 Å². The van der Waals surface area contributed by atoms with E-state index >= 15 is 0 Å². The van der Waals surface area contributed by atoms with Crippen molar-refractivity contribution in [2.75, 3.05) is 51.3 Å². The number of likely N-dealkylation sites (N-methyl/N-ethyl adjacent to an activating group) is 1. The number of hydrogen-bond acceptors (Lipinski definition) is 4. The lowest BCUT2D eigenvalue weighted by Gasteiger charge is -2.35. The zero-order valence-corrected chi connectivity index (χ0v) is 18.8. The van der Waals surface area contributed by atoms with Crippen LogP contribution in [-0.4, -0.2) is 57.2 Å². The van der Waals surface area contributed by atoms with Crippen LogP contribution in [0, 0.1) is 5.82 Å². The van der Waals surface area contributed by atoms with E-state index in [0.29, 0.717) is 31.3 Å². The van der Waals surface area contributed by atoms with Crippen LogP contribution in [0.5, 0.6) is 5.75 Å². The Bertz CT molecular complexity index is 865. The first-order valence-electron chi connectivity index (χ1n) is 11.1. The molecule has 0 unspecified atom stereocenters. The summed E-state index contributed by atoms with van der Waals surface area (Å²) < 4.78 is 20.4. The molecule has 1 saturated heterocycles. The molecule has 6 nitrogen and oxygen atoms in total. The van der Waals surface area contributed by atoms with Gasteiger partial charge in [-0.25, -0.2) is 4.39 Å². The van der Waals surface area contributed by atoms with Crippen LogP contribution in [0.25, 0.3) is 0 Å². The third-order valence-corrected chi connectivity index (χ3v) is 5.57. The van der Waals surface area contributed by atoms with Gasteiger partial charge in [-0.15, -0.1) is 0 Å². The van der Waals surface area contributed by atoms with Crippen LogP contribution in [-0.2, 0) is 13.1 Å². The van der Waals surface area contributed by atoms with Gasteiger partial charge in [-0.2, -0.15) is 0 Å². The van der Waals surface area contributed by atoms with E-state index in [1.165, 1.54) is 0 Å². The molecule has 0 aromatic heterocycles. The summed E-state index contributed by atoms with van der Waals surface area (Å²) in [6.07, 6.45) is 0. The van der Waals surface area contributed by atoms with E-state index < -0.39 is 0 Å². The number of nitrogens with zero attached hydrogens (tertiary/aromatic N) is 3. The van der Waals surface area contributed by atoms with Gasteiger partial charge >= 0.3 is 0 Å². The van der Waals surface area contributed by atoms with Crippen molar-refractivity contribution in [3.63, 3.8) is 0 Å². The van der Waals surface area contributed by atoms with Gasteiger partial charge in [0, 0.05) is 51.9 Å². The fourth-order valence-corrected chi connectivity index (χ4v) is 3.75. The summed E-state index contributed by atoms with van der Waals surface area (Å²) >= 11 is 0. The van der Waals surface area contributed by atoms with E-state index in [9.17, 15) is 4.39 Å². The Balaban J connectivity index is 1.53. The maximum atomic E-state index is 14.8. The van der Waals surface area contributed by atoms with Crippen molar-refractivity contribution in [3.05, 3.63) is 59.4 Å². The van der Waals surface area contributed by atoms with E-state index in [0.717, 1.165) is 49.6 Å². The van der Waals surface area contributed by atoms with E-state index in [-0.39, 0.29) is 5.82 Å². The van der Waals surface area contributed by atoms with E-state index in [1.807, 2.05) is 43.3 Å². The number of nitrogens with one attached hydrogen (secondary N) is 2. The van der Waals surface area contributed by atoms with Gasteiger partial charge in [-0.3, -0.25) is 4.99 Å². The third kappa shape index (κ3) is 6.34. The Labute approximate surface area is 185 Å². The van der Waals surface area contributed by atoms with Gasteiger partial charge in [-0.05, 0) is 37.2 Å². The van der Waals surface area contributed by atoms with Crippen molar-refractivity contribution in [1.82, 2.24) is 15.5 Å². The molecule has 2 aromatic rings. The lowest BCUT2D eigenvalue weighted by Crippen LogP contribution is -2.46. The first kappa shape index (κ1) is 22.9. The molecule has 0 spiro atoms. The van der Waals surface area contributed by atoms with Gasteiger partial charge in [-0.1, -0.05) is 31.2 Å². The highest BCUT2D eigenvalue weighted by atomic mass is 19.1. The van der Waals surface area contributed by atoms with Crippen molar-refractivity contribution >= 4 is 11.6 Å². The average Bonchev–Trinajstić information content (AvgIpc) is 2.80. The molecule has 7 heteroatoms. The molecule has 0 radical (unpaired) electrons. The summed E-state index contributed by atoms with van der Waals surface area (Å²) in [4.78, 5) is 8.79. The monoisotopic (exact) mass is 427 g/mol. The minimum atomic E-state index is -0.169. The van der Waals surface area contributed by atoms with Gasteiger partial charge in [0.15, 0.2) is 5.96 Å². The van der Waals surface area contributed by atoms with E-state index in [1.54, 1.807) is 13.1 Å². The number of aliphatic imine (C=N–C) groups is 1. The van der Waals surface area contributed by atoms with Gasteiger partial charge in [0.05, 0.1) is 12.3 Å². The number of guanidine groups is 1. The Morgan fingerprint density at radius 1 is 1.03 bits per heavy atom. The number of benzene rings is 2. The second kappa shape index (κ2) is 11.6. The molecule has 1 fully saturated rings. The summed E-state index contributed by atoms with van der Waals surface area (Å²) in [5.74, 6) is 1.36. The number of halogens is 1. The molecular formula is C24H34FN5O. The number of hydrogen-bond donors (Lipinski definition) is 2. The maximum Gasteiger partial charge on any atom is 0.191 e. The Morgan fingerprint density at radius 3 is 2.45 bits per heavy atom. The lowest BCUT2D eigenvalue weighted by atomic mass is 10.1. The quantitative estimate of drug-likeness (QED) is 0.500. The molecule has 168 valence electrons. The molecule has 31 heavy (non-hydrogen) atoms. The second-order valence-corrected chi connectivity index (χ2v) is 7.53. The number of ether oxygens (including phenoxy) is 1. The lowest BCUT2D eigenvalue weighted by molar-refractivity contribution is 0.270. The molecular weight excluding hydrogens is 393 g/mol. The summed E-state index contributed by atoms with van der Waals surface area (Å²) in [6, 6.07) is 13.4.